The summed E-state index contributed by atoms with van der Waals surface area (Å²) in [7, 11) is 3.18. The number of hydrogen-bond acceptors (Lipinski definition) is 3. The molecule has 0 saturated heterocycles. The van der Waals surface area contributed by atoms with Gasteiger partial charge in [-0.3, -0.25) is 4.79 Å². The summed E-state index contributed by atoms with van der Waals surface area (Å²) in [6, 6.07) is 13.6. The molecule has 0 unspecified atom stereocenters. The van der Waals surface area contributed by atoms with Crippen molar-refractivity contribution < 1.29 is 14.3 Å². The summed E-state index contributed by atoms with van der Waals surface area (Å²) in [4.78, 5) is 12.4. The van der Waals surface area contributed by atoms with E-state index in [9.17, 15) is 4.79 Å². The molecule has 26 heavy (non-hydrogen) atoms. The minimum Gasteiger partial charge on any atom is -0.493 e. The minimum atomic E-state index is -0.0652. The number of benzene rings is 2. The molecule has 5 heteroatoms. The third-order valence-electron chi connectivity index (χ3n) is 4.33. The average molecular weight is 352 g/mol. The lowest BCUT2D eigenvalue weighted by atomic mass is 10.1. The predicted molar refractivity (Wildman–Crippen MR) is 104 cm³/mol. The van der Waals surface area contributed by atoms with E-state index < -0.39 is 0 Å². The van der Waals surface area contributed by atoms with Gasteiger partial charge in [-0.05, 0) is 48.4 Å². The summed E-state index contributed by atoms with van der Waals surface area (Å²) in [6.07, 6.45) is 3.45. The third-order valence-corrected chi connectivity index (χ3v) is 4.33. The molecule has 0 bridgehead atoms. The number of hydrogen-bond donors (Lipinski definition) is 1. The third kappa shape index (κ3) is 3.82. The van der Waals surface area contributed by atoms with Crippen LogP contribution in [0.25, 0.3) is 10.9 Å². The first-order valence-corrected chi connectivity index (χ1v) is 8.74. The van der Waals surface area contributed by atoms with Gasteiger partial charge in [-0.2, -0.15) is 0 Å². The Kier molecular flexibility index (Phi) is 5.46. The van der Waals surface area contributed by atoms with Gasteiger partial charge in [0.15, 0.2) is 11.5 Å². The van der Waals surface area contributed by atoms with Gasteiger partial charge in [-0.15, -0.1) is 0 Å². The largest absolute Gasteiger partial charge is 0.493 e. The highest BCUT2D eigenvalue weighted by Gasteiger charge is 2.09. The number of anilines is 1. The van der Waals surface area contributed by atoms with Crippen molar-refractivity contribution in [1.82, 2.24) is 4.57 Å². The maximum absolute atomic E-state index is 12.4. The first kappa shape index (κ1) is 17.9. The summed E-state index contributed by atoms with van der Waals surface area (Å²) in [5.41, 5.74) is 2.86. The quantitative estimate of drug-likeness (QED) is 0.692. The number of nitrogens with one attached hydrogen (secondary N) is 1. The molecular weight excluding hydrogens is 328 g/mol. The SMILES string of the molecule is CCCn1ccc2cc(NC(=O)Cc3ccc(OC)c(OC)c3)ccc21. The Morgan fingerprint density at radius 2 is 1.85 bits per heavy atom. The van der Waals surface area contributed by atoms with Crippen molar-refractivity contribution in [2.24, 2.45) is 0 Å². The molecule has 0 aliphatic rings. The highest BCUT2D eigenvalue weighted by atomic mass is 16.5. The van der Waals surface area contributed by atoms with E-state index in [-0.39, 0.29) is 12.3 Å². The smallest absolute Gasteiger partial charge is 0.228 e. The lowest BCUT2D eigenvalue weighted by Crippen LogP contribution is -2.14. The van der Waals surface area contributed by atoms with Gasteiger partial charge in [0, 0.05) is 29.3 Å². The van der Waals surface area contributed by atoms with Crippen LogP contribution in [0.4, 0.5) is 5.69 Å². The van der Waals surface area contributed by atoms with Gasteiger partial charge in [-0.1, -0.05) is 13.0 Å². The van der Waals surface area contributed by atoms with Gasteiger partial charge in [-0.25, -0.2) is 0 Å². The minimum absolute atomic E-state index is 0.0652. The second-order valence-electron chi connectivity index (χ2n) is 6.20. The van der Waals surface area contributed by atoms with Crippen molar-refractivity contribution in [1.29, 1.82) is 0 Å². The fourth-order valence-electron chi connectivity index (χ4n) is 3.09. The van der Waals surface area contributed by atoms with Crippen LogP contribution in [0.2, 0.25) is 0 Å². The van der Waals surface area contributed by atoms with E-state index in [2.05, 4.69) is 35.1 Å². The van der Waals surface area contributed by atoms with E-state index in [1.807, 2.05) is 30.3 Å². The summed E-state index contributed by atoms with van der Waals surface area (Å²) < 4.78 is 12.7. The van der Waals surface area contributed by atoms with Crippen molar-refractivity contribution in [2.75, 3.05) is 19.5 Å². The summed E-state index contributed by atoms with van der Waals surface area (Å²) in [5.74, 6) is 1.21. The van der Waals surface area contributed by atoms with Crippen LogP contribution in [-0.4, -0.2) is 24.7 Å². The molecule has 0 spiro atoms. The summed E-state index contributed by atoms with van der Waals surface area (Å²) >= 11 is 0. The van der Waals surface area contributed by atoms with Crippen molar-refractivity contribution in [3.8, 4) is 11.5 Å². The Labute approximate surface area is 153 Å². The van der Waals surface area contributed by atoms with Crippen molar-refractivity contribution in [3.05, 3.63) is 54.2 Å². The molecule has 5 nitrogen and oxygen atoms in total. The van der Waals surface area contributed by atoms with Gasteiger partial charge in [0.05, 0.1) is 20.6 Å². The fraction of sp³-hybridized carbons (Fsp3) is 0.286. The van der Waals surface area contributed by atoms with Crippen LogP contribution in [-0.2, 0) is 17.8 Å². The summed E-state index contributed by atoms with van der Waals surface area (Å²) in [6.45, 7) is 3.16. The molecule has 0 aliphatic heterocycles. The molecule has 1 aromatic heterocycles. The average Bonchev–Trinajstić information content (AvgIpc) is 3.04. The summed E-state index contributed by atoms with van der Waals surface area (Å²) in [5, 5.41) is 4.10. The van der Waals surface area contributed by atoms with Crippen LogP contribution in [0.1, 0.15) is 18.9 Å². The Hall–Kier alpha value is -2.95. The molecule has 2 aromatic carbocycles. The highest BCUT2D eigenvalue weighted by molar-refractivity contribution is 5.95. The van der Waals surface area contributed by atoms with E-state index in [0.29, 0.717) is 11.5 Å². The molecular formula is C21H24N2O3. The number of aryl methyl sites for hydroxylation is 1. The standard InChI is InChI=1S/C21H24N2O3/c1-4-10-23-11-9-16-14-17(6-7-18(16)23)22-21(24)13-15-5-8-19(25-2)20(12-15)26-3/h5-9,11-12,14H,4,10,13H2,1-3H3,(H,22,24). The van der Waals surface area contributed by atoms with E-state index in [1.54, 1.807) is 14.2 Å². The molecule has 0 aliphatic carbocycles. The number of carbonyl (C=O) groups excluding carboxylic acids is 1. The Morgan fingerprint density at radius 3 is 2.58 bits per heavy atom. The molecule has 1 N–H and O–H groups in total. The normalized spacial score (nSPS) is 10.7. The number of ether oxygens (including phenoxy) is 2. The molecule has 136 valence electrons. The molecule has 1 amide bonds. The number of amides is 1. The highest BCUT2D eigenvalue weighted by Crippen LogP contribution is 2.28. The topological polar surface area (TPSA) is 52.5 Å². The van der Waals surface area contributed by atoms with Crippen molar-refractivity contribution >= 4 is 22.5 Å². The van der Waals surface area contributed by atoms with Crippen LogP contribution < -0.4 is 14.8 Å². The van der Waals surface area contributed by atoms with Crippen LogP contribution in [0.3, 0.4) is 0 Å². The van der Waals surface area contributed by atoms with Gasteiger partial charge >= 0.3 is 0 Å². The maximum Gasteiger partial charge on any atom is 0.228 e. The van der Waals surface area contributed by atoms with E-state index in [1.165, 1.54) is 5.52 Å². The fourth-order valence-corrected chi connectivity index (χ4v) is 3.09. The Morgan fingerprint density at radius 1 is 1.04 bits per heavy atom. The lowest BCUT2D eigenvalue weighted by molar-refractivity contribution is -0.115. The number of nitrogens with zero attached hydrogens (tertiary/aromatic N) is 1. The first-order valence-electron chi connectivity index (χ1n) is 8.74. The van der Waals surface area contributed by atoms with E-state index in [4.69, 9.17) is 9.47 Å². The van der Waals surface area contributed by atoms with Crippen LogP contribution in [0.5, 0.6) is 11.5 Å². The molecule has 0 radical (unpaired) electrons. The van der Waals surface area contributed by atoms with Gasteiger partial charge in [0.1, 0.15) is 0 Å². The number of carbonyl (C=O) groups is 1. The predicted octanol–water partition coefficient (Wildman–Crippen LogP) is 4.25. The molecule has 0 fully saturated rings. The van der Waals surface area contributed by atoms with Crippen LogP contribution >= 0.6 is 0 Å². The number of methoxy groups -OCH3 is 2. The first-order chi connectivity index (χ1) is 12.6. The zero-order chi connectivity index (χ0) is 18.5. The zero-order valence-electron chi connectivity index (χ0n) is 15.4. The van der Waals surface area contributed by atoms with Crippen LogP contribution in [0.15, 0.2) is 48.7 Å². The molecule has 0 saturated carbocycles. The zero-order valence-corrected chi connectivity index (χ0v) is 15.4. The monoisotopic (exact) mass is 352 g/mol. The molecule has 3 rings (SSSR count). The lowest BCUT2D eigenvalue weighted by Gasteiger charge is -2.10. The van der Waals surface area contributed by atoms with Crippen molar-refractivity contribution in [2.45, 2.75) is 26.3 Å². The van der Waals surface area contributed by atoms with Gasteiger partial charge in [0.25, 0.3) is 0 Å². The second kappa shape index (κ2) is 7.95. The van der Waals surface area contributed by atoms with Gasteiger partial charge < -0.3 is 19.4 Å². The van der Waals surface area contributed by atoms with E-state index in [0.717, 1.165) is 29.6 Å². The van der Waals surface area contributed by atoms with Crippen molar-refractivity contribution in [3.63, 3.8) is 0 Å². The molecule has 3 aromatic rings. The second-order valence-corrected chi connectivity index (χ2v) is 6.20. The number of rotatable bonds is 7. The molecule has 0 atom stereocenters. The Balaban J connectivity index is 1.71. The Bertz CT molecular complexity index is 915. The van der Waals surface area contributed by atoms with Gasteiger partial charge in [0.2, 0.25) is 5.91 Å². The maximum atomic E-state index is 12.4. The van der Waals surface area contributed by atoms with Crippen LogP contribution in [0, 0.1) is 0 Å². The number of fused-ring (bicyclic) bond motifs is 1. The molecule has 1 heterocycles. The number of aromatic nitrogens is 1. The van der Waals surface area contributed by atoms with E-state index >= 15 is 0 Å².